The maximum Gasteiger partial charge on any atom is 0.143 e. The van der Waals surface area contributed by atoms with Crippen LogP contribution in [-0.2, 0) is 13.0 Å². The van der Waals surface area contributed by atoms with Gasteiger partial charge in [-0.1, -0.05) is 6.92 Å². The second kappa shape index (κ2) is 5.53. The van der Waals surface area contributed by atoms with Gasteiger partial charge in [0.1, 0.15) is 17.2 Å². The zero-order chi connectivity index (χ0) is 11.4. The standard InChI is InChI=1S/C10H11IN4S/c1-2-7-3-13-9(16-7)5-14-10-8(11)4-12-6-15-10/h3-4,6H,2,5H2,1H3,(H,12,14,15). The van der Waals surface area contributed by atoms with Crippen LogP contribution in [0.2, 0.25) is 0 Å². The lowest BCUT2D eigenvalue weighted by atomic mass is 10.4. The van der Waals surface area contributed by atoms with Gasteiger partial charge in [0.25, 0.3) is 0 Å². The first-order valence-corrected chi connectivity index (χ1v) is 6.82. The molecule has 1 N–H and O–H groups in total. The molecule has 0 amide bonds. The number of halogens is 1. The number of anilines is 1. The van der Waals surface area contributed by atoms with Gasteiger partial charge < -0.3 is 5.32 Å². The maximum atomic E-state index is 4.34. The second-order valence-electron chi connectivity index (χ2n) is 3.15. The smallest absolute Gasteiger partial charge is 0.143 e. The van der Waals surface area contributed by atoms with E-state index in [0.29, 0.717) is 0 Å². The van der Waals surface area contributed by atoms with Crippen LogP contribution in [0.3, 0.4) is 0 Å². The van der Waals surface area contributed by atoms with Gasteiger partial charge in [-0.3, -0.25) is 0 Å². The Morgan fingerprint density at radius 3 is 2.94 bits per heavy atom. The van der Waals surface area contributed by atoms with Crippen molar-refractivity contribution >= 4 is 39.7 Å². The molecule has 0 radical (unpaired) electrons. The van der Waals surface area contributed by atoms with E-state index in [1.807, 2.05) is 6.20 Å². The van der Waals surface area contributed by atoms with E-state index in [-0.39, 0.29) is 0 Å². The molecule has 0 aliphatic rings. The summed E-state index contributed by atoms with van der Waals surface area (Å²) in [4.78, 5) is 13.8. The maximum absolute atomic E-state index is 4.34. The van der Waals surface area contributed by atoms with Crippen LogP contribution in [0.15, 0.2) is 18.7 Å². The van der Waals surface area contributed by atoms with Crippen LogP contribution >= 0.6 is 33.9 Å². The molecule has 0 aliphatic carbocycles. The van der Waals surface area contributed by atoms with Crippen molar-refractivity contribution in [1.29, 1.82) is 0 Å². The van der Waals surface area contributed by atoms with Gasteiger partial charge in [0.15, 0.2) is 0 Å². The van der Waals surface area contributed by atoms with E-state index in [1.165, 1.54) is 4.88 Å². The van der Waals surface area contributed by atoms with Gasteiger partial charge in [-0.2, -0.15) is 0 Å². The number of rotatable bonds is 4. The Morgan fingerprint density at radius 1 is 1.38 bits per heavy atom. The highest BCUT2D eigenvalue weighted by Gasteiger charge is 2.03. The molecule has 6 heteroatoms. The Hall–Kier alpha value is -0.760. The van der Waals surface area contributed by atoms with Crippen LogP contribution in [-0.4, -0.2) is 15.0 Å². The lowest BCUT2D eigenvalue weighted by Crippen LogP contribution is -2.02. The number of thiazole rings is 1. The molecule has 2 heterocycles. The van der Waals surface area contributed by atoms with Crippen molar-refractivity contribution in [2.45, 2.75) is 19.9 Å². The minimum absolute atomic E-state index is 0.720. The average Bonchev–Trinajstić information content (AvgIpc) is 2.76. The van der Waals surface area contributed by atoms with Gasteiger partial charge in [-0.15, -0.1) is 11.3 Å². The van der Waals surface area contributed by atoms with Crippen LogP contribution in [0.1, 0.15) is 16.8 Å². The predicted octanol–water partition coefficient (Wildman–Crippen LogP) is 2.71. The molecule has 0 aromatic carbocycles. The lowest BCUT2D eigenvalue weighted by molar-refractivity contribution is 1.05. The topological polar surface area (TPSA) is 50.7 Å². The van der Waals surface area contributed by atoms with E-state index in [0.717, 1.165) is 27.4 Å². The molecule has 0 saturated carbocycles. The van der Waals surface area contributed by atoms with Crippen molar-refractivity contribution in [3.63, 3.8) is 0 Å². The van der Waals surface area contributed by atoms with Crippen LogP contribution < -0.4 is 5.32 Å². The zero-order valence-electron chi connectivity index (χ0n) is 8.77. The van der Waals surface area contributed by atoms with Crippen molar-refractivity contribution < 1.29 is 0 Å². The highest BCUT2D eigenvalue weighted by atomic mass is 127. The summed E-state index contributed by atoms with van der Waals surface area (Å²) in [7, 11) is 0. The third-order valence-electron chi connectivity index (χ3n) is 2.02. The van der Waals surface area contributed by atoms with E-state index >= 15 is 0 Å². The molecular formula is C10H11IN4S. The monoisotopic (exact) mass is 346 g/mol. The minimum Gasteiger partial charge on any atom is -0.363 e. The normalized spacial score (nSPS) is 10.4. The summed E-state index contributed by atoms with van der Waals surface area (Å²) < 4.78 is 1.02. The fourth-order valence-electron chi connectivity index (χ4n) is 1.20. The molecule has 0 bridgehead atoms. The number of hydrogen-bond donors (Lipinski definition) is 1. The van der Waals surface area contributed by atoms with Crippen molar-refractivity contribution in [3.8, 4) is 0 Å². The molecule has 0 unspecified atom stereocenters. The Bertz CT molecular complexity index is 471. The highest BCUT2D eigenvalue weighted by molar-refractivity contribution is 14.1. The quantitative estimate of drug-likeness (QED) is 0.865. The van der Waals surface area contributed by atoms with Crippen molar-refractivity contribution in [2.24, 2.45) is 0 Å². The molecule has 2 aromatic heterocycles. The first-order valence-electron chi connectivity index (χ1n) is 4.92. The molecule has 0 saturated heterocycles. The van der Waals surface area contributed by atoms with Gasteiger partial charge in [0.05, 0.1) is 10.1 Å². The Labute approximate surface area is 112 Å². The Kier molecular flexibility index (Phi) is 4.05. The third kappa shape index (κ3) is 2.88. The summed E-state index contributed by atoms with van der Waals surface area (Å²) in [5.74, 6) is 0.865. The summed E-state index contributed by atoms with van der Waals surface area (Å²) in [6, 6.07) is 0. The van der Waals surface area contributed by atoms with Gasteiger partial charge >= 0.3 is 0 Å². The van der Waals surface area contributed by atoms with Gasteiger partial charge in [0.2, 0.25) is 0 Å². The molecule has 2 rings (SSSR count). The van der Waals surface area contributed by atoms with Crippen LogP contribution in [0, 0.1) is 3.57 Å². The van der Waals surface area contributed by atoms with E-state index in [4.69, 9.17) is 0 Å². The largest absolute Gasteiger partial charge is 0.363 e. The van der Waals surface area contributed by atoms with Gasteiger partial charge in [-0.25, -0.2) is 15.0 Å². The third-order valence-corrected chi connectivity index (χ3v) is 3.96. The summed E-state index contributed by atoms with van der Waals surface area (Å²) in [6.45, 7) is 2.86. The fourth-order valence-corrected chi connectivity index (χ4v) is 2.49. The van der Waals surface area contributed by atoms with E-state index in [9.17, 15) is 0 Å². The zero-order valence-corrected chi connectivity index (χ0v) is 11.7. The molecule has 0 atom stereocenters. The second-order valence-corrected chi connectivity index (χ2v) is 5.51. The summed E-state index contributed by atoms with van der Waals surface area (Å²) in [5, 5.41) is 4.35. The SMILES string of the molecule is CCc1cnc(CNc2ncncc2I)s1. The highest BCUT2D eigenvalue weighted by Crippen LogP contribution is 2.17. The molecule has 2 aromatic rings. The van der Waals surface area contributed by atoms with Crippen LogP contribution in [0.4, 0.5) is 5.82 Å². The average molecular weight is 346 g/mol. The molecule has 84 valence electrons. The summed E-state index contributed by atoms with van der Waals surface area (Å²) >= 11 is 3.95. The number of aryl methyl sites for hydroxylation is 1. The molecular weight excluding hydrogens is 335 g/mol. The number of aromatic nitrogens is 3. The van der Waals surface area contributed by atoms with Crippen molar-refractivity contribution in [3.05, 3.63) is 32.2 Å². The first-order chi connectivity index (χ1) is 7.79. The van der Waals surface area contributed by atoms with E-state index in [1.54, 1.807) is 23.9 Å². The van der Waals surface area contributed by atoms with Crippen molar-refractivity contribution in [2.75, 3.05) is 5.32 Å². The molecule has 0 spiro atoms. The van der Waals surface area contributed by atoms with E-state index < -0.39 is 0 Å². The Balaban J connectivity index is 1.99. The number of nitrogens with one attached hydrogen (secondary N) is 1. The lowest BCUT2D eigenvalue weighted by Gasteiger charge is -2.03. The van der Waals surface area contributed by atoms with E-state index in [2.05, 4.69) is 49.8 Å². The fraction of sp³-hybridized carbons (Fsp3) is 0.300. The first kappa shape index (κ1) is 11.7. The van der Waals surface area contributed by atoms with Gasteiger partial charge in [0, 0.05) is 17.3 Å². The number of hydrogen-bond acceptors (Lipinski definition) is 5. The van der Waals surface area contributed by atoms with Crippen LogP contribution in [0.5, 0.6) is 0 Å². The predicted molar refractivity (Wildman–Crippen MR) is 73.6 cm³/mol. The van der Waals surface area contributed by atoms with Gasteiger partial charge in [-0.05, 0) is 29.0 Å². The summed E-state index contributed by atoms with van der Waals surface area (Å²) in [6.07, 6.45) is 6.31. The molecule has 0 fully saturated rings. The molecule has 16 heavy (non-hydrogen) atoms. The minimum atomic E-state index is 0.720. The van der Waals surface area contributed by atoms with Crippen LogP contribution in [0.25, 0.3) is 0 Å². The molecule has 0 aliphatic heterocycles. The van der Waals surface area contributed by atoms with Crippen molar-refractivity contribution in [1.82, 2.24) is 15.0 Å². The molecule has 4 nitrogen and oxygen atoms in total. The number of nitrogens with zero attached hydrogens (tertiary/aromatic N) is 3. The summed E-state index contributed by atoms with van der Waals surface area (Å²) in [5.41, 5.74) is 0. The Morgan fingerprint density at radius 2 is 2.25 bits per heavy atom.